The topological polar surface area (TPSA) is 58.2 Å². The van der Waals surface area contributed by atoms with Gasteiger partial charge in [-0.05, 0) is 66.2 Å². The number of hydrogen-bond acceptors (Lipinski definition) is 2. The number of benzene rings is 3. The van der Waals surface area contributed by atoms with Crippen molar-refractivity contribution in [2.45, 2.75) is 16.4 Å². The fourth-order valence-corrected chi connectivity index (χ4v) is 5.33. The molecule has 0 aliphatic heterocycles. The zero-order chi connectivity index (χ0) is 26.4. The Morgan fingerprint density at radius 2 is 1.39 bits per heavy atom. The van der Waals surface area contributed by atoms with Gasteiger partial charge in [0.2, 0.25) is 5.91 Å². The van der Waals surface area contributed by atoms with Gasteiger partial charge in [0, 0.05) is 27.3 Å². The van der Waals surface area contributed by atoms with Gasteiger partial charge in [0.25, 0.3) is 5.91 Å². The number of rotatable bonds is 5. The molecule has 0 heterocycles. The Hall–Kier alpha value is -2.16. The van der Waals surface area contributed by atoms with E-state index in [1.807, 2.05) is 0 Å². The standard InChI is InChI=1S/C24H14Cl5F3N2O2/c25-13-7-11(8-14(26)9-13)19-20(23(19,28)29)22(36)34-16-5-6-18(27)17(10-16)21(35)33-15-3-1-12(2-4-15)24(30,31)32/h1-10,19-20H,(H,33,35)(H,34,36)/t19-,20+/m0/s1. The van der Waals surface area contributed by atoms with Crippen LogP contribution in [0, 0.1) is 5.92 Å². The molecule has 2 atom stereocenters. The Balaban J connectivity index is 1.48. The zero-order valence-electron chi connectivity index (χ0n) is 17.8. The first-order valence-electron chi connectivity index (χ1n) is 10.2. The van der Waals surface area contributed by atoms with E-state index in [-0.39, 0.29) is 22.0 Å². The lowest BCUT2D eigenvalue weighted by Crippen LogP contribution is -2.18. The Morgan fingerprint density at radius 1 is 0.806 bits per heavy atom. The second-order valence-corrected chi connectivity index (χ2v) is 10.8. The third-order valence-corrected chi connectivity index (χ3v) is 7.24. The average Bonchev–Trinajstić information content (AvgIpc) is 3.36. The SMILES string of the molecule is O=C(Nc1ccc(C(F)(F)F)cc1)c1cc(NC(=O)[C@H]2[C@H](c3cc(Cl)cc(Cl)c3)C2(Cl)Cl)ccc1Cl. The molecule has 188 valence electrons. The first-order chi connectivity index (χ1) is 16.8. The lowest BCUT2D eigenvalue weighted by molar-refractivity contribution is -0.137. The van der Waals surface area contributed by atoms with Crippen LogP contribution in [0.1, 0.15) is 27.4 Å². The van der Waals surface area contributed by atoms with E-state index in [2.05, 4.69) is 10.6 Å². The van der Waals surface area contributed by atoms with Crippen LogP contribution in [0.15, 0.2) is 60.7 Å². The number of anilines is 2. The molecule has 0 radical (unpaired) electrons. The van der Waals surface area contributed by atoms with Gasteiger partial charge in [0.1, 0.15) is 4.33 Å². The minimum absolute atomic E-state index is 0.00801. The van der Waals surface area contributed by atoms with Gasteiger partial charge in [-0.1, -0.05) is 34.8 Å². The summed E-state index contributed by atoms with van der Waals surface area (Å²) in [6.45, 7) is 0. The molecule has 1 aliphatic rings. The fraction of sp³-hybridized carbons (Fsp3) is 0.167. The summed E-state index contributed by atoms with van der Waals surface area (Å²) < 4.78 is 36.8. The summed E-state index contributed by atoms with van der Waals surface area (Å²) in [6.07, 6.45) is -4.50. The van der Waals surface area contributed by atoms with Gasteiger partial charge in [0.15, 0.2) is 0 Å². The van der Waals surface area contributed by atoms with E-state index in [1.165, 1.54) is 18.2 Å². The molecule has 0 saturated heterocycles. The number of amides is 2. The third-order valence-electron chi connectivity index (χ3n) is 5.53. The summed E-state index contributed by atoms with van der Waals surface area (Å²) in [5, 5.41) is 5.94. The number of carbonyl (C=O) groups is 2. The highest BCUT2D eigenvalue weighted by atomic mass is 35.5. The van der Waals surface area contributed by atoms with Crippen molar-refractivity contribution in [3.8, 4) is 0 Å². The monoisotopic (exact) mass is 594 g/mol. The lowest BCUT2D eigenvalue weighted by Gasteiger charge is -2.11. The van der Waals surface area contributed by atoms with Crippen molar-refractivity contribution in [2.24, 2.45) is 5.92 Å². The smallest absolute Gasteiger partial charge is 0.326 e. The molecule has 36 heavy (non-hydrogen) atoms. The second kappa shape index (κ2) is 9.95. The van der Waals surface area contributed by atoms with Gasteiger partial charge >= 0.3 is 6.18 Å². The van der Waals surface area contributed by atoms with Crippen LogP contribution in [-0.2, 0) is 11.0 Å². The van der Waals surface area contributed by atoms with Crippen LogP contribution in [0.3, 0.4) is 0 Å². The molecule has 0 bridgehead atoms. The Morgan fingerprint density at radius 3 is 1.97 bits per heavy atom. The van der Waals surface area contributed by atoms with Crippen molar-refractivity contribution >= 4 is 81.2 Å². The van der Waals surface area contributed by atoms with Crippen LogP contribution >= 0.6 is 58.0 Å². The highest BCUT2D eigenvalue weighted by molar-refractivity contribution is 6.53. The summed E-state index contributed by atoms with van der Waals surface area (Å²) in [5.74, 6) is -2.57. The summed E-state index contributed by atoms with van der Waals surface area (Å²) in [6, 6.07) is 12.9. The first-order valence-corrected chi connectivity index (χ1v) is 12.1. The van der Waals surface area contributed by atoms with E-state index in [4.69, 9.17) is 58.0 Å². The largest absolute Gasteiger partial charge is 0.416 e. The third kappa shape index (κ3) is 5.71. The van der Waals surface area contributed by atoms with Gasteiger partial charge in [-0.15, -0.1) is 23.2 Å². The molecule has 3 aromatic rings. The molecule has 4 nitrogen and oxygen atoms in total. The van der Waals surface area contributed by atoms with Crippen molar-refractivity contribution in [3.63, 3.8) is 0 Å². The number of alkyl halides is 5. The van der Waals surface area contributed by atoms with E-state index in [1.54, 1.807) is 18.2 Å². The van der Waals surface area contributed by atoms with Crippen molar-refractivity contribution < 1.29 is 22.8 Å². The molecule has 4 rings (SSSR count). The predicted octanol–water partition coefficient (Wildman–Crippen LogP) is 8.44. The molecule has 0 aromatic heterocycles. The van der Waals surface area contributed by atoms with Crippen LogP contribution in [0.2, 0.25) is 15.1 Å². The van der Waals surface area contributed by atoms with E-state index >= 15 is 0 Å². The second-order valence-electron chi connectivity index (χ2n) is 8.05. The van der Waals surface area contributed by atoms with Crippen LogP contribution < -0.4 is 10.6 Å². The molecule has 1 saturated carbocycles. The molecule has 12 heteroatoms. The number of nitrogens with one attached hydrogen (secondary N) is 2. The first kappa shape index (κ1) is 26.9. The molecule has 3 aromatic carbocycles. The van der Waals surface area contributed by atoms with Gasteiger partial charge in [-0.3, -0.25) is 9.59 Å². The Bertz CT molecular complexity index is 1330. The molecule has 2 N–H and O–H groups in total. The summed E-state index contributed by atoms with van der Waals surface area (Å²) >= 11 is 31.0. The van der Waals surface area contributed by atoms with Gasteiger partial charge in [-0.25, -0.2) is 0 Å². The van der Waals surface area contributed by atoms with E-state index in [0.717, 1.165) is 24.3 Å². The van der Waals surface area contributed by atoms with Crippen LogP contribution in [0.4, 0.5) is 24.5 Å². The summed E-state index contributed by atoms with van der Waals surface area (Å²) in [7, 11) is 0. The number of carbonyl (C=O) groups excluding carboxylic acids is 2. The summed E-state index contributed by atoms with van der Waals surface area (Å²) in [4.78, 5) is 25.6. The van der Waals surface area contributed by atoms with Gasteiger partial charge in [0.05, 0.1) is 22.1 Å². The fourth-order valence-electron chi connectivity index (χ4n) is 3.76. The van der Waals surface area contributed by atoms with E-state index in [9.17, 15) is 22.8 Å². The number of hydrogen-bond donors (Lipinski definition) is 2. The highest BCUT2D eigenvalue weighted by Crippen LogP contribution is 2.65. The maximum Gasteiger partial charge on any atom is 0.416 e. The molecule has 1 aliphatic carbocycles. The van der Waals surface area contributed by atoms with Crippen molar-refractivity contribution in [2.75, 3.05) is 10.6 Å². The molecule has 2 amide bonds. The Kier molecular flexibility index (Phi) is 7.43. The molecular weight excluding hydrogens is 583 g/mol. The molecule has 0 spiro atoms. The van der Waals surface area contributed by atoms with Crippen LogP contribution in [0.5, 0.6) is 0 Å². The zero-order valence-corrected chi connectivity index (χ0v) is 21.5. The lowest BCUT2D eigenvalue weighted by atomic mass is 10.1. The molecule has 0 unspecified atom stereocenters. The van der Waals surface area contributed by atoms with Crippen LogP contribution in [-0.4, -0.2) is 16.1 Å². The summed E-state index contributed by atoms with van der Waals surface area (Å²) in [5.41, 5.74) is 0.113. The quantitative estimate of drug-likeness (QED) is 0.291. The highest BCUT2D eigenvalue weighted by Gasteiger charge is 2.67. The maximum absolute atomic E-state index is 12.9. The normalized spacial score (nSPS) is 18.4. The minimum Gasteiger partial charge on any atom is -0.326 e. The van der Waals surface area contributed by atoms with Crippen molar-refractivity contribution in [1.29, 1.82) is 0 Å². The number of halogens is 8. The molecular formula is C24H14Cl5F3N2O2. The predicted molar refractivity (Wildman–Crippen MR) is 137 cm³/mol. The van der Waals surface area contributed by atoms with Gasteiger partial charge < -0.3 is 10.6 Å². The van der Waals surface area contributed by atoms with Crippen molar-refractivity contribution in [3.05, 3.63) is 92.4 Å². The van der Waals surface area contributed by atoms with Crippen molar-refractivity contribution in [1.82, 2.24) is 0 Å². The minimum atomic E-state index is -4.50. The van der Waals surface area contributed by atoms with E-state index < -0.39 is 39.7 Å². The van der Waals surface area contributed by atoms with Gasteiger partial charge in [-0.2, -0.15) is 13.2 Å². The molecule has 1 fully saturated rings. The van der Waals surface area contributed by atoms with Crippen LogP contribution in [0.25, 0.3) is 0 Å². The average molecular weight is 597 g/mol. The Labute approximate surface area is 228 Å². The van der Waals surface area contributed by atoms with E-state index in [0.29, 0.717) is 15.6 Å². The maximum atomic E-state index is 12.9.